The Morgan fingerprint density at radius 2 is 2.05 bits per heavy atom. The zero-order valence-corrected chi connectivity index (χ0v) is 13.0. The van der Waals surface area contributed by atoms with Gasteiger partial charge in [-0.25, -0.2) is 0 Å². The lowest BCUT2D eigenvalue weighted by molar-refractivity contribution is -0.149. The minimum Gasteiger partial charge on any atom is -0.481 e. The molecule has 2 fully saturated rings. The maximum absolute atomic E-state index is 12.8. The minimum atomic E-state index is -0.751. The van der Waals surface area contributed by atoms with E-state index in [0.29, 0.717) is 32.5 Å². The third kappa shape index (κ3) is 3.23. The van der Waals surface area contributed by atoms with Gasteiger partial charge in [0.1, 0.15) is 0 Å². The zero-order chi connectivity index (χ0) is 15.5. The van der Waals surface area contributed by atoms with E-state index in [-0.39, 0.29) is 17.7 Å². The fourth-order valence-electron chi connectivity index (χ4n) is 4.07. The Balaban J connectivity index is 2.05. The van der Waals surface area contributed by atoms with Crippen LogP contribution in [0.1, 0.15) is 51.9 Å². The number of carboxylic acid groups (broad SMARTS) is 1. The highest BCUT2D eigenvalue weighted by Gasteiger charge is 2.47. The summed E-state index contributed by atoms with van der Waals surface area (Å²) in [5.74, 6) is -0.324. The molecule has 0 radical (unpaired) electrons. The van der Waals surface area contributed by atoms with Crippen LogP contribution in [0.4, 0.5) is 0 Å². The number of likely N-dealkylation sites (tertiary alicyclic amines) is 1. The predicted molar refractivity (Wildman–Crippen MR) is 80.7 cm³/mol. The van der Waals surface area contributed by atoms with Gasteiger partial charge in [-0.2, -0.15) is 0 Å². The summed E-state index contributed by atoms with van der Waals surface area (Å²) >= 11 is 0. The van der Waals surface area contributed by atoms with Crippen molar-refractivity contribution in [2.75, 3.05) is 19.6 Å². The summed E-state index contributed by atoms with van der Waals surface area (Å²) in [5.41, 5.74) is 5.09. The number of rotatable bonds is 5. The molecule has 1 amide bonds. The molecule has 3 N–H and O–H groups in total. The molecular formula is C16H28N2O3. The van der Waals surface area contributed by atoms with Gasteiger partial charge in [0.25, 0.3) is 0 Å². The molecule has 0 aromatic carbocycles. The van der Waals surface area contributed by atoms with E-state index in [4.69, 9.17) is 5.73 Å². The molecule has 1 aliphatic heterocycles. The summed E-state index contributed by atoms with van der Waals surface area (Å²) in [5, 5.41) is 9.54. The molecule has 5 nitrogen and oxygen atoms in total. The number of hydrogen-bond acceptors (Lipinski definition) is 3. The lowest BCUT2D eigenvalue weighted by Gasteiger charge is -2.33. The molecule has 3 unspecified atom stereocenters. The molecule has 2 rings (SSSR count). The van der Waals surface area contributed by atoms with Gasteiger partial charge in [0.15, 0.2) is 0 Å². The van der Waals surface area contributed by atoms with Crippen LogP contribution in [-0.2, 0) is 9.59 Å². The van der Waals surface area contributed by atoms with Crippen molar-refractivity contribution in [1.82, 2.24) is 4.90 Å². The van der Waals surface area contributed by atoms with Crippen molar-refractivity contribution in [2.24, 2.45) is 23.0 Å². The molecule has 0 bridgehead atoms. The van der Waals surface area contributed by atoms with Crippen molar-refractivity contribution < 1.29 is 14.7 Å². The van der Waals surface area contributed by atoms with Crippen LogP contribution in [-0.4, -0.2) is 41.5 Å². The first-order valence-electron chi connectivity index (χ1n) is 8.26. The van der Waals surface area contributed by atoms with Crippen LogP contribution < -0.4 is 5.73 Å². The van der Waals surface area contributed by atoms with Crippen molar-refractivity contribution in [2.45, 2.75) is 51.9 Å². The Morgan fingerprint density at radius 1 is 1.33 bits per heavy atom. The van der Waals surface area contributed by atoms with E-state index < -0.39 is 11.4 Å². The predicted octanol–water partition coefficient (Wildman–Crippen LogP) is 1.85. The van der Waals surface area contributed by atoms with Gasteiger partial charge < -0.3 is 15.7 Å². The summed E-state index contributed by atoms with van der Waals surface area (Å²) in [6.07, 6.45) is 6.24. The Kier molecular flexibility index (Phi) is 5.25. The molecule has 5 heteroatoms. The van der Waals surface area contributed by atoms with Crippen molar-refractivity contribution in [1.29, 1.82) is 0 Å². The molecule has 1 heterocycles. The highest BCUT2D eigenvalue weighted by molar-refractivity contribution is 5.82. The van der Waals surface area contributed by atoms with Crippen LogP contribution in [0.25, 0.3) is 0 Å². The van der Waals surface area contributed by atoms with Crippen molar-refractivity contribution in [3.63, 3.8) is 0 Å². The minimum absolute atomic E-state index is 0.00923. The van der Waals surface area contributed by atoms with Crippen LogP contribution in [0.15, 0.2) is 0 Å². The van der Waals surface area contributed by atoms with E-state index in [1.807, 2.05) is 6.92 Å². The number of carbonyl (C=O) groups excluding carboxylic acids is 1. The maximum atomic E-state index is 12.8. The van der Waals surface area contributed by atoms with E-state index in [9.17, 15) is 14.7 Å². The Hall–Kier alpha value is -1.10. The Morgan fingerprint density at radius 3 is 2.67 bits per heavy atom. The smallest absolute Gasteiger partial charge is 0.311 e. The lowest BCUT2D eigenvalue weighted by Crippen LogP contribution is -2.43. The normalized spacial score (nSPS) is 33.1. The highest BCUT2D eigenvalue weighted by atomic mass is 16.4. The summed E-state index contributed by atoms with van der Waals surface area (Å²) in [6, 6.07) is 0. The third-order valence-electron chi connectivity index (χ3n) is 5.38. The van der Waals surface area contributed by atoms with Crippen molar-refractivity contribution in [3.8, 4) is 0 Å². The summed E-state index contributed by atoms with van der Waals surface area (Å²) in [4.78, 5) is 26.2. The molecule has 1 aliphatic carbocycles. The average molecular weight is 296 g/mol. The molecule has 3 atom stereocenters. The third-order valence-corrected chi connectivity index (χ3v) is 5.38. The van der Waals surface area contributed by atoms with Crippen LogP contribution in [0.2, 0.25) is 0 Å². The Labute approximate surface area is 126 Å². The highest BCUT2D eigenvalue weighted by Crippen LogP contribution is 2.38. The molecule has 2 aliphatic rings. The molecule has 0 spiro atoms. The molecule has 120 valence electrons. The molecule has 1 saturated carbocycles. The molecule has 0 aromatic rings. The van der Waals surface area contributed by atoms with Gasteiger partial charge in [-0.15, -0.1) is 0 Å². The number of nitrogens with two attached hydrogens (primary N) is 1. The number of amides is 1. The number of hydrogen-bond donors (Lipinski definition) is 2. The average Bonchev–Trinajstić information content (AvgIpc) is 2.92. The quantitative estimate of drug-likeness (QED) is 0.811. The number of aliphatic carboxylic acids is 1. The largest absolute Gasteiger partial charge is 0.481 e. The van der Waals surface area contributed by atoms with Crippen molar-refractivity contribution in [3.05, 3.63) is 0 Å². The second kappa shape index (κ2) is 6.77. The second-order valence-electron chi connectivity index (χ2n) is 6.73. The van der Waals surface area contributed by atoms with Crippen LogP contribution in [0.3, 0.4) is 0 Å². The van der Waals surface area contributed by atoms with Gasteiger partial charge in [-0.05, 0) is 38.1 Å². The zero-order valence-electron chi connectivity index (χ0n) is 13.0. The maximum Gasteiger partial charge on any atom is 0.311 e. The number of nitrogens with zero attached hydrogens (tertiary/aromatic N) is 1. The molecular weight excluding hydrogens is 268 g/mol. The van der Waals surface area contributed by atoms with Gasteiger partial charge in [0.05, 0.1) is 5.41 Å². The van der Waals surface area contributed by atoms with Crippen molar-refractivity contribution >= 4 is 11.9 Å². The van der Waals surface area contributed by atoms with E-state index >= 15 is 0 Å². The topological polar surface area (TPSA) is 83.6 Å². The first-order valence-corrected chi connectivity index (χ1v) is 8.26. The monoisotopic (exact) mass is 296 g/mol. The van der Waals surface area contributed by atoms with E-state index in [0.717, 1.165) is 32.1 Å². The summed E-state index contributed by atoms with van der Waals surface area (Å²) in [6.45, 7) is 3.52. The lowest BCUT2D eigenvalue weighted by atomic mass is 9.78. The summed E-state index contributed by atoms with van der Waals surface area (Å²) < 4.78 is 0. The van der Waals surface area contributed by atoms with Crippen LogP contribution in [0.5, 0.6) is 0 Å². The van der Waals surface area contributed by atoms with E-state index in [1.54, 1.807) is 4.90 Å². The first-order chi connectivity index (χ1) is 10.0. The van der Waals surface area contributed by atoms with Crippen LogP contribution in [0, 0.1) is 17.3 Å². The fraction of sp³-hybridized carbons (Fsp3) is 0.875. The number of carboxylic acids is 1. The van der Waals surface area contributed by atoms with Gasteiger partial charge in [-0.3, -0.25) is 9.59 Å². The standard InChI is InChI=1S/C16H28N2O3/c1-2-7-16(15(20)21)8-9-18(11-16)14(19)13-6-4-3-5-12(13)10-17/h12-13H,2-11,17H2,1H3,(H,20,21). The van der Waals surface area contributed by atoms with E-state index in [2.05, 4.69) is 0 Å². The first kappa shape index (κ1) is 16.3. The van der Waals surface area contributed by atoms with Gasteiger partial charge in [0, 0.05) is 19.0 Å². The van der Waals surface area contributed by atoms with E-state index in [1.165, 1.54) is 0 Å². The fourth-order valence-corrected chi connectivity index (χ4v) is 4.07. The second-order valence-corrected chi connectivity index (χ2v) is 6.73. The van der Waals surface area contributed by atoms with Gasteiger partial charge >= 0.3 is 5.97 Å². The van der Waals surface area contributed by atoms with Gasteiger partial charge in [0.2, 0.25) is 5.91 Å². The number of carbonyl (C=O) groups is 2. The van der Waals surface area contributed by atoms with Gasteiger partial charge in [-0.1, -0.05) is 26.2 Å². The molecule has 1 saturated heterocycles. The molecule has 21 heavy (non-hydrogen) atoms. The molecule has 0 aromatic heterocycles. The SMILES string of the molecule is CCCC1(C(=O)O)CCN(C(=O)C2CCCCC2CN)C1. The van der Waals surface area contributed by atoms with Crippen LogP contribution >= 0.6 is 0 Å². The Bertz CT molecular complexity index is 399. The summed E-state index contributed by atoms with van der Waals surface area (Å²) in [7, 11) is 0.